The van der Waals surface area contributed by atoms with Crippen molar-refractivity contribution in [3.63, 3.8) is 0 Å². The molecule has 1 atom stereocenters. The van der Waals surface area contributed by atoms with Gasteiger partial charge < -0.3 is 15.8 Å². The summed E-state index contributed by atoms with van der Waals surface area (Å²) in [5, 5.41) is 3.49. The summed E-state index contributed by atoms with van der Waals surface area (Å²) in [6, 6.07) is 3.53. The molecule has 1 aromatic rings. The Morgan fingerprint density at radius 3 is 2.75 bits per heavy atom. The zero-order chi connectivity index (χ0) is 15.1. The predicted octanol–water partition coefficient (Wildman–Crippen LogP) is 3.36. The number of nitrogens with one attached hydrogen (secondary N) is 1. The van der Waals surface area contributed by atoms with Gasteiger partial charge in [-0.15, -0.1) is 0 Å². The molecule has 4 nitrogen and oxygen atoms in total. The number of carbonyl (C=O) groups is 1. The Morgan fingerprint density at radius 1 is 1.45 bits per heavy atom. The van der Waals surface area contributed by atoms with Crippen LogP contribution in [0, 0.1) is 12.8 Å². The molecule has 3 N–H and O–H groups in total. The summed E-state index contributed by atoms with van der Waals surface area (Å²) in [7, 11) is 1.56. The van der Waals surface area contributed by atoms with Crippen LogP contribution in [0.4, 0.5) is 5.69 Å². The molecule has 0 heterocycles. The van der Waals surface area contributed by atoms with E-state index in [1.165, 1.54) is 0 Å². The number of aryl methyl sites for hydroxylation is 1. The molecule has 0 radical (unpaired) electrons. The van der Waals surface area contributed by atoms with Gasteiger partial charge >= 0.3 is 0 Å². The molecular weight excluding hydrogens is 276 g/mol. The lowest BCUT2D eigenvalue weighted by Crippen LogP contribution is -2.14. The van der Waals surface area contributed by atoms with Gasteiger partial charge in [0.25, 0.3) is 0 Å². The molecular formula is C15H23ClN2O2. The molecule has 0 aliphatic rings. The molecule has 1 rings (SSSR count). The molecule has 20 heavy (non-hydrogen) atoms. The zero-order valence-corrected chi connectivity index (χ0v) is 13.1. The van der Waals surface area contributed by atoms with Crippen molar-refractivity contribution in [2.45, 2.75) is 33.1 Å². The molecule has 112 valence electrons. The minimum atomic E-state index is -0.0195. The lowest BCUT2D eigenvalue weighted by molar-refractivity contribution is -0.116. The quantitative estimate of drug-likeness (QED) is 0.811. The van der Waals surface area contributed by atoms with Crippen molar-refractivity contribution in [1.29, 1.82) is 0 Å². The zero-order valence-electron chi connectivity index (χ0n) is 12.3. The average Bonchev–Trinajstić information content (AvgIpc) is 2.40. The number of ether oxygens (including phenoxy) is 1. The van der Waals surface area contributed by atoms with E-state index in [0.29, 0.717) is 35.3 Å². The molecule has 1 amide bonds. The Hall–Kier alpha value is -1.26. The van der Waals surface area contributed by atoms with Crippen molar-refractivity contribution in [2.24, 2.45) is 11.7 Å². The van der Waals surface area contributed by atoms with E-state index in [4.69, 9.17) is 22.1 Å². The first-order valence-corrected chi connectivity index (χ1v) is 7.19. The lowest BCUT2D eigenvalue weighted by atomic mass is 10.0. The standard InChI is InChI=1S/C15H23ClN2O2/c1-10(6-7-17)4-5-15(19)18-13-8-11(2)12(16)9-14(13)20-3/h8-10H,4-7,17H2,1-3H3,(H,18,19). The highest BCUT2D eigenvalue weighted by molar-refractivity contribution is 6.31. The van der Waals surface area contributed by atoms with Gasteiger partial charge in [0.05, 0.1) is 12.8 Å². The van der Waals surface area contributed by atoms with Gasteiger partial charge in [-0.2, -0.15) is 0 Å². The van der Waals surface area contributed by atoms with E-state index in [0.717, 1.165) is 18.4 Å². The Balaban J connectivity index is 2.64. The largest absolute Gasteiger partial charge is 0.495 e. The highest BCUT2D eigenvalue weighted by Gasteiger charge is 2.11. The van der Waals surface area contributed by atoms with Crippen LogP contribution >= 0.6 is 11.6 Å². The number of anilines is 1. The molecule has 0 aliphatic carbocycles. The normalized spacial score (nSPS) is 12.1. The van der Waals surface area contributed by atoms with E-state index in [2.05, 4.69) is 12.2 Å². The SMILES string of the molecule is COc1cc(Cl)c(C)cc1NC(=O)CCC(C)CCN. The Kier molecular flexibility index (Phi) is 6.82. The smallest absolute Gasteiger partial charge is 0.224 e. The van der Waals surface area contributed by atoms with Gasteiger partial charge in [0.2, 0.25) is 5.91 Å². The number of halogens is 1. The maximum absolute atomic E-state index is 12.0. The highest BCUT2D eigenvalue weighted by atomic mass is 35.5. The van der Waals surface area contributed by atoms with Crippen molar-refractivity contribution in [3.8, 4) is 5.75 Å². The van der Waals surface area contributed by atoms with Crippen LogP contribution in [0.2, 0.25) is 5.02 Å². The first-order valence-electron chi connectivity index (χ1n) is 6.82. The summed E-state index contributed by atoms with van der Waals surface area (Å²) in [5.41, 5.74) is 7.06. The van der Waals surface area contributed by atoms with Crippen LogP contribution in [-0.4, -0.2) is 19.6 Å². The molecule has 0 saturated heterocycles. The molecule has 1 unspecified atom stereocenters. The molecule has 0 aromatic heterocycles. The number of methoxy groups -OCH3 is 1. The van der Waals surface area contributed by atoms with Gasteiger partial charge in [-0.1, -0.05) is 18.5 Å². The van der Waals surface area contributed by atoms with Crippen LogP contribution < -0.4 is 15.8 Å². The number of benzene rings is 1. The van der Waals surface area contributed by atoms with E-state index in [1.54, 1.807) is 13.2 Å². The number of amides is 1. The number of carbonyl (C=O) groups excluding carboxylic acids is 1. The summed E-state index contributed by atoms with van der Waals surface area (Å²) >= 11 is 6.03. The second kappa shape index (κ2) is 8.12. The minimum Gasteiger partial charge on any atom is -0.495 e. The molecule has 5 heteroatoms. The molecule has 0 bridgehead atoms. The molecule has 1 aromatic carbocycles. The Morgan fingerprint density at radius 2 is 2.15 bits per heavy atom. The number of rotatable bonds is 7. The van der Waals surface area contributed by atoms with Crippen LogP contribution in [-0.2, 0) is 4.79 Å². The van der Waals surface area contributed by atoms with Gasteiger partial charge in [-0.3, -0.25) is 4.79 Å². The fourth-order valence-electron chi connectivity index (χ4n) is 1.95. The second-order valence-electron chi connectivity index (χ2n) is 5.07. The van der Waals surface area contributed by atoms with Gasteiger partial charge in [-0.05, 0) is 43.9 Å². The van der Waals surface area contributed by atoms with Crippen molar-refractivity contribution in [1.82, 2.24) is 0 Å². The van der Waals surface area contributed by atoms with E-state index in [1.807, 2.05) is 13.0 Å². The fraction of sp³-hybridized carbons (Fsp3) is 0.533. The van der Waals surface area contributed by atoms with Crippen molar-refractivity contribution in [3.05, 3.63) is 22.7 Å². The van der Waals surface area contributed by atoms with Crippen molar-refractivity contribution >= 4 is 23.2 Å². The summed E-state index contributed by atoms with van der Waals surface area (Å²) in [6.07, 6.45) is 2.25. The molecule has 0 fully saturated rings. The predicted molar refractivity (Wildman–Crippen MR) is 83.4 cm³/mol. The van der Waals surface area contributed by atoms with E-state index in [9.17, 15) is 4.79 Å². The topological polar surface area (TPSA) is 64.3 Å². The van der Waals surface area contributed by atoms with Crippen LogP contribution in [0.1, 0.15) is 31.7 Å². The maximum Gasteiger partial charge on any atom is 0.224 e. The highest BCUT2D eigenvalue weighted by Crippen LogP contribution is 2.31. The molecule has 0 aliphatic heterocycles. The first-order chi connectivity index (χ1) is 9.47. The number of hydrogen-bond donors (Lipinski definition) is 2. The summed E-state index contributed by atoms with van der Waals surface area (Å²) < 4.78 is 5.23. The van der Waals surface area contributed by atoms with E-state index < -0.39 is 0 Å². The third-order valence-corrected chi connectivity index (χ3v) is 3.69. The summed E-state index contributed by atoms with van der Waals surface area (Å²) in [5.74, 6) is 1.01. The Bertz CT molecular complexity index is 463. The second-order valence-corrected chi connectivity index (χ2v) is 5.48. The van der Waals surface area contributed by atoms with Crippen molar-refractivity contribution < 1.29 is 9.53 Å². The first kappa shape index (κ1) is 16.8. The van der Waals surface area contributed by atoms with Gasteiger partial charge in [-0.25, -0.2) is 0 Å². The van der Waals surface area contributed by atoms with Crippen LogP contribution in [0.15, 0.2) is 12.1 Å². The minimum absolute atomic E-state index is 0.0195. The van der Waals surface area contributed by atoms with E-state index in [-0.39, 0.29) is 5.91 Å². The third-order valence-electron chi connectivity index (χ3n) is 3.28. The molecule has 0 saturated carbocycles. The lowest BCUT2D eigenvalue weighted by Gasteiger charge is -2.13. The molecule has 0 spiro atoms. The summed E-state index contributed by atoms with van der Waals surface area (Å²) in [6.45, 7) is 4.65. The average molecular weight is 299 g/mol. The fourth-order valence-corrected chi connectivity index (χ4v) is 2.10. The Labute approximate surface area is 125 Å². The number of nitrogens with two attached hydrogens (primary N) is 1. The van der Waals surface area contributed by atoms with Crippen molar-refractivity contribution in [2.75, 3.05) is 19.0 Å². The summed E-state index contributed by atoms with van der Waals surface area (Å²) in [4.78, 5) is 12.0. The van der Waals surface area contributed by atoms with Crippen LogP contribution in [0.25, 0.3) is 0 Å². The number of hydrogen-bond acceptors (Lipinski definition) is 3. The maximum atomic E-state index is 12.0. The van der Waals surface area contributed by atoms with Crippen LogP contribution in [0.3, 0.4) is 0 Å². The van der Waals surface area contributed by atoms with Gasteiger partial charge in [0, 0.05) is 17.5 Å². The van der Waals surface area contributed by atoms with E-state index >= 15 is 0 Å². The van der Waals surface area contributed by atoms with Crippen LogP contribution in [0.5, 0.6) is 5.75 Å². The van der Waals surface area contributed by atoms with Gasteiger partial charge in [0.15, 0.2) is 0 Å². The third kappa shape index (κ3) is 5.02. The monoisotopic (exact) mass is 298 g/mol. The van der Waals surface area contributed by atoms with Gasteiger partial charge in [0.1, 0.15) is 5.75 Å².